The highest BCUT2D eigenvalue weighted by Gasteiger charge is 2.50. The van der Waals surface area contributed by atoms with Crippen molar-refractivity contribution >= 4 is 35.2 Å². The molecule has 1 fully saturated rings. The number of amides is 1. The Morgan fingerprint density at radius 2 is 1.31 bits per heavy atom. The fourth-order valence-corrected chi connectivity index (χ4v) is 11.6. The second kappa shape index (κ2) is 26.1. The van der Waals surface area contributed by atoms with Gasteiger partial charge in [0, 0.05) is 69.5 Å². The van der Waals surface area contributed by atoms with Gasteiger partial charge in [-0.2, -0.15) is 0 Å². The summed E-state index contributed by atoms with van der Waals surface area (Å²) in [4.78, 5) is 27.5. The Balaban J connectivity index is 0.000000142. The molecular weight excluding hydrogens is 1070 g/mol. The van der Waals surface area contributed by atoms with Crippen molar-refractivity contribution < 1.29 is 57.7 Å². The third-order valence-corrected chi connectivity index (χ3v) is 16.3. The van der Waals surface area contributed by atoms with Gasteiger partial charge in [-0.15, -0.1) is 0 Å². The Labute approximate surface area is 491 Å². The number of nitrogen functional groups attached to an aromatic ring is 1. The van der Waals surface area contributed by atoms with Gasteiger partial charge in [-0.25, -0.2) is 4.99 Å². The molecule has 12 rings (SSSR count). The van der Waals surface area contributed by atoms with Crippen LogP contribution in [0.1, 0.15) is 108 Å². The fraction of sp³-hybridized carbons (Fsp3) is 0.379. The number of allylic oxidation sites excluding steroid dienone is 1. The molecule has 0 aromatic heterocycles. The average molecular weight is 1150 g/mol. The number of hydrogen-bond donors (Lipinski definition) is 7. The van der Waals surface area contributed by atoms with E-state index in [1.807, 2.05) is 111 Å². The first-order chi connectivity index (χ1) is 40.5. The number of nitrogens with two attached hydrogens (primary N) is 1. The molecule has 5 atom stereocenters. The molecule has 1 amide bonds. The number of benzene rings is 6. The Kier molecular flexibility index (Phi) is 18.7. The highest BCUT2D eigenvalue weighted by atomic mass is 16.7. The molecule has 1 saturated heterocycles. The van der Waals surface area contributed by atoms with Crippen molar-refractivity contribution in [2.45, 2.75) is 70.4 Å². The zero-order valence-electron chi connectivity index (χ0n) is 49.3. The Morgan fingerprint density at radius 3 is 1.85 bits per heavy atom. The molecule has 8 N–H and O–H groups in total. The molecule has 18 nitrogen and oxygen atoms in total. The predicted molar refractivity (Wildman–Crippen MR) is 324 cm³/mol. The molecule has 444 valence electrons. The van der Waals surface area contributed by atoms with Gasteiger partial charge >= 0.3 is 0 Å². The van der Waals surface area contributed by atoms with E-state index in [1.165, 1.54) is 12.7 Å². The summed E-state index contributed by atoms with van der Waals surface area (Å²) in [6, 6.07) is 36.5. The lowest BCUT2D eigenvalue weighted by molar-refractivity contribution is -0.194. The van der Waals surface area contributed by atoms with Crippen LogP contribution in [0.3, 0.4) is 0 Å². The first-order valence-corrected chi connectivity index (χ1v) is 28.3. The Morgan fingerprint density at radius 1 is 0.738 bits per heavy atom. The first kappa shape index (κ1) is 60.3. The number of anilines is 3. The number of aliphatic hydroxyl groups is 2. The van der Waals surface area contributed by atoms with E-state index in [4.69, 9.17) is 48.7 Å². The summed E-state index contributed by atoms with van der Waals surface area (Å²) in [5, 5.41) is 32.8. The van der Waals surface area contributed by atoms with E-state index in [1.54, 1.807) is 32.4 Å². The number of nitrogens with one attached hydrogen (secondary N) is 4. The Hall–Kier alpha value is -8.29. The molecule has 6 heterocycles. The maximum Gasteiger partial charge on any atom is 0.253 e. The minimum atomic E-state index is -1.42. The van der Waals surface area contributed by atoms with Crippen molar-refractivity contribution in [3.05, 3.63) is 171 Å². The van der Waals surface area contributed by atoms with Gasteiger partial charge in [0.05, 0.1) is 83.1 Å². The third kappa shape index (κ3) is 12.6. The van der Waals surface area contributed by atoms with Gasteiger partial charge in [-0.05, 0) is 122 Å². The maximum absolute atomic E-state index is 12.3. The smallest absolute Gasteiger partial charge is 0.253 e. The molecule has 0 bridgehead atoms. The molecule has 84 heavy (non-hydrogen) atoms. The topological polar surface area (TPSA) is 235 Å². The number of hydrogen-bond acceptors (Lipinski definition) is 17. The van der Waals surface area contributed by atoms with E-state index in [-0.39, 0.29) is 53.8 Å². The van der Waals surface area contributed by atoms with Crippen LogP contribution in [0.15, 0.2) is 132 Å². The molecule has 0 aliphatic carbocycles. The van der Waals surface area contributed by atoms with E-state index in [0.717, 1.165) is 92.2 Å². The van der Waals surface area contributed by atoms with E-state index in [0.29, 0.717) is 62.2 Å². The molecule has 18 heteroatoms. The van der Waals surface area contributed by atoms with Gasteiger partial charge < -0.3 is 69.8 Å². The normalized spacial score (nSPS) is 21.0. The highest BCUT2D eigenvalue weighted by molar-refractivity contribution is 5.96. The van der Waals surface area contributed by atoms with Crippen LogP contribution in [0.2, 0.25) is 0 Å². The zero-order chi connectivity index (χ0) is 59.8. The zero-order valence-corrected chi connectivity index (χ0v) is 49.3. The van der Waals surface area contributed by atoms with Crippen molar-refractivity contribution in [3.63, 3.8) is 0 Å². The lowest BCUT2D eigenvalue weighted by Crippen LogP contribution is -2.47. The first-order valence-electron chi connectivity index (χ1n) is 28.3. The van der Waals surface area contributed by atoms with Crippen LogP contribution >= 0.6 is 0 Å². The van der Waals surface area contributed by atoms with E-state index < -0.39 is 5.91 Å². The number of carbonyl (C=O) groups is 2. The van der Waals surface area contributed by atoms with Crippen molar-refractivity contribution in [3.8, 4) is 34.5 Å². The lowest BCUT2D eigenvalue weighted by Gasteiger charge is -2.49. The summed E-state index contributed by atoms with van der Waals surface area (Å²) in [6.07, 6.45) is 2.70. The van der Waals surface area contributed by atoms with Crippen LogP contribution in [-0.2, 0) is 26.2 Å². The number of nitrogens with zero attached hydrogens (tertiary/aromatic N) is 1. The van der Waals surface area contributed by atoms with E-state index >= 15 is 0 Å². The number of aliphatic hydroxyl groups excluding tert-OH is 1. The summed E-state index contributed by atoms with van der Waals surface area (Å²) in [6.45, 7) is 17.3. The van der Waals surface area contributed by atoms with Crippen LogP contribution in [0.25, 0.3) is 0 Å². The summed E-state index contributed by atoms with van der Waals surface area (Å²) in [7, 11) is 4.91. The number of aliphatic imine (C=N–C) groups is 1. The Bertz CT molecular complexity index is 3340. The molecule has 0 spiro atoms. The van der Waals surface area contributed by atoms with Crippen molar-refractivity contribution in [1.29, 1.82) is 0 Å². The van der Waals surface area contributed by atoms with Crippen LogP contribution in [0.5, 0.6) is 34.5 Å². The second-order valence-corrected chi connectivity index (χ2v) is 22.4. The van der Waals surface area contributed by atoms with Crippen LogP contribution < -0.4 is 55.4 Å². The molecule has 6 aromatic carbocycles. The largest absolute Gasteiger partial charge is 0.496 e. The number of carbonyl (C=O) groups excluding carboxylic acids is 2. The SMILES string of the molecule is COc1cccc(OCC=C(C)C)c1C=O.COc1cccc2c1[C@H]1Nc3ccc(C(=O)NCCO)cc3C(C)(C)[C@H]1CO2.COc1cccc2c1[C@H]1Nc3ccc(C4(O)NCCO4)cc3C(C)(C)[C@H]1CO2.Nc1ccc(C2=NCCO2)cc1. The monoisotopic (exact) mass is 1150 g/mol. The average Bonchev–Trinajstić information content (AvgIpc) is 2.66. The quantitative estimate of drug-likeness (QED) is 0.0343. The van der Waals surface area contributed by atoms with Gasteiger partial charge in [-0.1, -0.05) is 57.5 Å². The number of fused-ring (bicyclic) bond motifs is 8. The van der Waals surface area contributed by atoms with Gasteiger partial charge in [0.25, 0.3) is 11.8 Å². The standard InChI is InChI=1S/2C22H26N2O4.C13H16O3.C9H10N2O/c1-21(2)14-11-13(22(25)23-9-10-28-22)7-8-16(14)24-20-15(21)12-27-18-6-4-5-17(26-3)19(18)20;1-22(2)14-11-13(21(26)23-9-10-25)7-8-16(14)24-20-15(22)12-28-18-6-4-5-17(27-3)19(18)20;1-10(2)7-8-16-13-6-4-5-12(15-3)11(13)9-14;10-8-3-1-7(2-4-8)9-11-5-6-12-9/h4-8,11,15,20,23-25H,9-10,12H2,1-3H3;4-8,11,15,20,24-25H,9-10,12H2,1-3H3,(H,23,26);4-7,9H,8H2,1-3H3;1-4H,5-6,10H2/t15-,20-,22?;15-,20-;;/m00../s1. The number of ether oxygens (including phenoxy) is 8. The maximum atomic E-state index is 12.3. The van der Waals surface area contributed by atoms with E-state index in [9.17, 15) is 14.7 Å². The van der Waals surface area contributed by atoms with Gasteiger partial charge in [0.2, 0.25) is 5.90 Å². The van der Waals surface area contributed by atoms with Crippen molar-refractivity contribution in [2.75, 3.05) is 97.0 Å². The number of rotatable bonds is 12. The summed E-state index contributed by atoms with van der Waals surface area (Å²) in [5.41, 5.74) is 16.3. The molecule has 6 aromatic rings. The van der Waals surface area contributed by atoms with Gasteiger partial charge in [-0.3, -0.25) is 14.9 Å². The highest BCUT2D eigenvalue weighted by Crippen LogP contribution is 2.56. The summed E-state index contributed by atoms with van der Waals surface area (Å²) < 4.78 is 44.9. The third-order valence-electron chi connectivity index (χ3n) is 16.3. The van der Waals surface area contributed by atoms with Gasteiger partial charge in [0.1, 0.15) is 47.7 Å². The van der Waals surface area contributed by atoms with Crippen LogP contribution in [0.4, 0.5) is 17.1 Å². The lowest BCUT2D eigenvalue weighted by atomic mass is 9.65. The predicted octanol–water partition coefficient (Wildman–Crippen LogP) is 9.64. The molecule has 0 saturated carbocycles. The molecule has 1 unspecified atom stereocenters. The van der Waals surface area contributed by atoms with Crippen molar-refractivity contribution in [2.24, 2.45) is 16.8 Å². The second-order valence-electron chi connectivity index (χ2n) is 22.4. The molecule has 6 aliphatic rings. The number of aldehydes is 1. The van der Waals surface area contributed by atoms with Crippen LogP contribution in [-0.4, -0.2) is 109 Å². The summed E-state index contributed by atoms with van der Waals surface area (Å²) >= 11 is 0. The van der Waals surface area contributed by atoms with Crippen molar-refractivity contribution in [1.82, 2.24) is 10.6 Å². The minimum absolute atomic E-state index is 0.0662. The fourth-order valence-electron chi connectivity index (χ4n) is 11.6. The number of methoxy groups -OCH3 is 3. The minimum Gasteiger partial charge on any atom is -0.496 e. The van der Waals surface area contributed by atoms with Crippen LogP contribution in [0, 0.1) is 11.8 Å². The molecular formula is C66H78N6O12. The van der Waals surface area contributed by atoms with E-state index in [2.05, 4.69) is 60.0 Å². The summed E-state index contributed by atoms with van der Waals surface area (Å²) in [5.74, 6) is 4.00. The molecule has 6 aliphatic heterocycles. The molecule has 0 radical (unpaired) electrons. The van der Waals surface area contributed by atoms with Gasteiger partial charge in [0.15, 0.2) is 6.29 Å².